The highest BCUT2D eigenvalue weighted by Gasteiger charge is 2.58. The van der Waals surface area contributed by atoms with Crippen LogP contribution in [0.15, 0.2) is 24.3 Å². The highest BCUT2D eigenvalue weighted by molar-refractivity contribution is 5.24. The summed E-state index contributed by atoms with van der Waals surface area (Å²) in [5, 5.41) is 33.6. The minimum Gasteiger partial charge on any atom is -0.390 e. The molecule has 19 heavy (non-hydrogen) atoms. The molecule has 1 saturated carbocycles. The summed E-state index contributed by atoms with van der Waals surface area (Å²) >= 11 is 0. The minimum atomic E-state index is -0.969. The average Bonchev–Trinajstić information content (AvgIpc) is 3.16. The maximum absolute atomic E-state index is 12.9. The summed E-state index contributed by atoms with van der Waals surface area (Å²) in [6.07, 6.45) is -1.02. The van der Waals surface area contributed by atoms with E-state index in [1.807, 2.05) is 0 Å². The Labute approximate surface area is 110 Å². The van der Waals surface area contributed by atoms with Gasteiger partial charge in [0.05, 0.1) is 18.3 Å². The predicted molar refractivity (Wildman–Crippen MR) is 66.8 cm³/mol. The Balaban J connectivity index is 1.88. The summed E-state index contributed by atoms with van der Waals surface area (Å²) in [5.41, 5.74) is 0.277. The van der Waals surface area contributed by atoms with Crippen molar-refractivity contribution in [2.45, 2.75) is 36.7 Å². The first-order valence-electron chi connectivity index (χ1n) is 6.58. The molecule has 4 N–H and O–H groups in total. The van der Waals surface area contributed by atoms with E-state index < -0.39 is 24.2 Å². The van der Waals surface area contributed by atoms with Gasteiger partial charge in [-0.3, -0.25) is 0 Å². The Bertz CT molecular complexity index is 460. The van der Waals surface area contributed by atoms with Gasteiger partial charge < -0.3 is 20.6 Å². The fourth-order valence-corrected chi connectivity index (χ4v) is 3.11. The Morgan fingerprint density at radius 1 is 1.21 bits per heavy atom. The third kappa shape index (κ3) is 2.17. The van der Waals surface area contributed by atoms with E-state index in [1.54, 1.807) is 0 Å². The quantitative estimate of drug-likeness (QED) is 0.623. The molecule has 1 spiro atoms. The van der Waals surface area contributed by atoms with E-state index in [0.717, 1.165) is 12.8 Å². The predicted octanol–water partition coefficient (Wildman–Crippen LogP) is 0.333. The molecule has 4 nitrogen and oxygen atoms in total. The van der Waals surface area contributed by atoms with Gasteiger partial charge in [0.25, 0.3) is 0 Å². The number of benzene rings is 1. The molecule has 1 aliphatic carbocycles. The van der Waals surface area contributed by atoms with Crippen LogP contribution in [0.1, 0.15) is 24.5 Å². The molecule has 2 fully saturated rings. The summed E-state index contributed by atoms with van der Waals surface area (Å²) < 4.78 is 12.9. The average molecular weight is 267 g/mol. The number of halogens is 1. The lowest BCUT2D eigenvalue weighted by atomic mass is 9.78. The highest BCUT2D eigenvalue weighted by atomic mass is 19.1. The molecule has 1 aliphatic heterocycles. The molecule has 1 saturated heterocycles. The topological polar surface area (TPSA) is 72.7 Å². The molecular weight excluding hydrogens is 249 g/mol. The van der Waals surface area contributed by atoms with Gasteiger partial charge in [-0.05, 0) is 30.5 Å². The van der Waals surface area contributed by atoms with E-state index in [-0.39, 0.29) is 11.4 Å². The van der Waals surface area contributed by atoms with Gasteiger partial charge in [-0.2, -0.15) is 0 Å². The largest absolute Gasteiger partial charge is 0.390 e. The maximum Gasteiger partial charge on any atom is 0.123 e. The first-order chi connectivity index (χ1) is 9.03. The SMILES string of the molecule is OC(c1ccc(F)cc1)C1[C@@H](O)[C@H](O)CNC12CC2. The number of aliphatic hydroxyl groups is 3. The third-order valence-corrected chi connectivity index (χ3v) is 4.40. The van der Waals surface area contributed by atoms with Crippen molar-refractivity contribution in [3.8, 4) is 0 Å². The van der Waals surface area contributed by atoms with Crippen LogP contribution < -0.4 is 5.32 Å². The van der Waals surface area contributed by atoms with Crippen LogP contribution in [0.2, 0.25) is 0 Å². The number of nitrogens with one attached hydrogen (secondary N) is 1. The van der Waals surface area contributed by atoms with E-state index in [1.165, 1.54) is 24.3 Å². The Kier molecular flexibility index (Phi) is 3.09. The lowest BCUT2D eigenvalue weighted by Crippen LogP contribution is -2.59. The number of rotatable bonds is 2. The zero-order chi connectivity index (χ0) is 13.6. The molecular formula is C14H18FNO3. The lowest BCUT2D eigenvalue weighted by Gasteiger charge is -2.42. The van der Waals surface area contributed by atoms with Crippen LogP contribution in [0.3, 0.4) is 0 Å². The molecule has 4 atom stereocenters. The minimum absolute atomic E-state index is 0.285. The van der Waals surface area contributed by atoms with Crippen molar-refractivity contribution >= 4 is 0 Å². The highest BCUT2D eigenvalue weighted by Crippen LogP contribution is 2.51. The first kappa shape index (κ1) is 13.0. The zero-order valence-electron chi connectivity index (χ0n) is 10.5. The number of hydrogen-bond donors (Lipinski definition) is 4. The van der Waals surface area contributed by atoms with Gasteiger partial charge in [-0.15, -0.1) is 0 Å². The Morgan fingerprint density at radius 2 is 1.84 bits per heavy atom. The van der Waals surface area contributed by atoms with Crippen LogP contribution in [-0.4, -0.2) is 39.6 Å². The summed E-state index contributed by atoms with van der Waals surface area (Å²) in [5.74, 6) is -0.832. The van der Waals surface area contributed by atoms with Crippen LogP contribution in [-0.2, 0) is 0 Å². The number of piperidine rings is 1. The molecule has 1 aromatic rings. The van der Waals surface area contributed by atoms with Gasteiger partial charge in [0, 0.05) is 18.0 Å². The van der Waals surface area contributed by atoms with Crippen molar-refractivity contribution in [3.63, 3.8) is 0 Å². The molecule has 2 unspecified atom stereocenters. The van der Waals surface area contributed by atoms with Gasteiger partial charge in [0.15, 0.2) is 0 Å². The van der Waals surface area contributed by atoms with E-state index in [4.69, 9.17) is 0 Å². The normalized spacial score (nSPS) is 34.2. The molecule has 0 bridgehead atoms. The smallest absolute Gasteiger partial charge is 0.123 e. The molecule has 2 aliphatic rings. The second-order valence-corrected chi connectivity index (χ2v) is 5.62. The van der Waals surface area contributed by atoms with E-state index in [2.05, 4.69) is 5.32 Å². The maximum atomic E-state index is 12.9. The summed E-state index contributed by atoms with van der Waals surface area (Å²) in [6, 6.07) is 5.61. The van der Waals surface area contributed by atoms with Gasteiger partial charge >= 0.3 is 0 Å². The molecule has 0 aromatic heterocycles. The van der Waals surface area contributed by atoms with Crippen molar-refractivity contribution in [1.29, 1.82) is 0 Å². The van der Waals surface area contributed by atoms with Crippen molar-refractivity contribution in [2.24, 2.45) is 5.92 Å². The van der Waals surface area contributed by atoms with Gasteiger partial charge in [0.2, 0.25) is 0 Å². The van der Waals surface area contributed by atoms with Crippen LogP contribution >= 0.6 is 0 Å². The van der Waals surface area contributed by atoms with Crippen LogP contribution in [0.25, 0.3) is 0 Å². The molecule has 104 valence electrons. The first-order valence-corrected chi connectivity index (χ1v) is 6.58. The second kappa shape index (κ2) is 4.52. The van der Waals surface area contributed by atoms with E-state index in [9.17, 15) is 19.7 Å². The standard InChI is InChI=1S/C14H18FNO3/c15-9-3-1-8(2-4-9)12(18)11-13(19)10(17)7-16-14(11)5-6-14/h1-4,10-13,16-19H,5-7H2/t10-,11?,12?,13+/m1/s1. The summed E-state index contributed by atoms with van der Waals surface area (Å²) in [6.45, 7) is 0.341. The molecule has 5 heteroatoms. The number of β-amino-alcohol motifs (C(OH)–C–C–N with tert-alkyl or cyclic N) is 1. The monoisotopic (exact) mass is 267 g/mol. The fraction of sp³-hybridized carbons (Fsp3) is 0.571. The van der Waals surface area contributed by atoms with Crippen LogP contribution in [0.4, 0.5) is 4.39 Å². The van der Waals surface area contributed by atoms with Crippen molar-refractivity contribution < 1.29 is 19.7 Å². The summed E-state index contributed by atoms with van der Waals surface area (Å²) in [7, 11) is 0. The third-order valence-electron chi connectivity index (χ3n) is 4.40. The van der Waals surface area contributed by atoms with Gasteiger partial charge in [-0.1, -0.05) is 12.1 Å². The van der Waals surface area contributed by atoms with E-state index in [0.29, 0.717) is 12.1 Å². The van der Waals surface area contributed by atoms with Crippen molar-refractivity contribution in [1.82, 2.24) is 5.32 Å². The summed E-state index contributed by atoms with van der Waals surface area (Å²) in [4.78, 5) is 0. The van der Waals surface area contributed by atoms with Crippen molar-refractivity contribution in [2.75, 3.05) is 6.54 Å². The lowest BCUT2D eigenvalue weighted by molar-refractivity contribution is -0.0989. The van der Waals surface area contributed by atoms with Crippen molar-refractivity contribution in [3.05, 3.63) is 35.6 Å². The van der Waals surface area contributed by atoms with Gasteiger partial charge in [-0.25, -0.2) is 4.39 Å². The van der Waals surface area contributed by atoms with Gasteiger partial charge in [0.1, 0.15) is 5.82 Å². The van der Waals surface area contributed by atoms with Crippen LogP contribution in [0.5, 0.6) is 0 Å². The molecule has 1 aromatic carbocycles. The second-order valence-electron chi connectivity index (χ2n) is 5.62. The fourth-order valence-electron chi connectivity index (χ4n) is 3.11. The molecule has 0 radical (unpaired) electrons. The van der Waals surface area contributed by atoms with E-state index >= 15 is 0 Å². The Morgan fingerprint density at radius 3 is 2.42 bits per heavy atom. The zero-order valence-corrected chi connectivity index (χ0v) is 10.5. The number of aliphatic hydroxyl groups excluding tert-OH is 3. The molecule has 1 heterocycles. The molecule has 0 amide bonds. The molecule has 3 rings (SSSR count). The Hall–Kier alpha value is -1.01. The number of hydrogen-bond acceptors (Lipinski definition) is 4. The van der Waals surface area contributed by atoms with Crippen LogP contribution in [0, 0.1) is 11.7 Å².